The van der Waals surface area contributed by atoms with Gasteiger partial charge in [-0.15, -0.1) is 15.3 Å². The highest BCUT2D eigenvalue weighted by Crippen LogP contribution is 2.51. The lowest BCUT2D eigenvalue weighted by Gasteiger charge is -2.23. The highest BCUT2D eigenvalue weighted by Gasteiger charge is 2.28. The zero-order valence-corrected chi connectivity index (χ0v) is 45.3. The minimum absolute atomic E-state index is 0.104. The van der Waals surface area contributed by atoms with E-state index < -0.39 is 0 Å². The molecule has 1 aliphatic rings. The van der Waals surface area contributed by atoms with E-state index in [2.05, 4.69) is 20.4 Å². The van der Waals surface area contributed by atoms with Gasteiger partial charge in [-0.1, -0.05) is 128 Å². The normalized spacial score (nSPS) is 12.4. The zero-order chi connectivity index (χ0) is 56.1. The van der Waals surface area contributed by atoms with Crippen molar-refractivity contribution >= 4 is 157 Å². The smallest absolute Gasteiger partial charge is 0.256 e. The quantitative estimate of drug-likeness (QED) is 0.0489. The number of anilines is 3. The third kappa shape index (κ3) is 7.95. The highest BCUT2D eigenvalue weighted by atomic mass is 35.5. The summed E-state index contributed by atoms with van der Waals surface area (Å²) in [6, 6.07) is 51.8. The fraction of sp³-hybridized carbons (Fsp3) is 0.0597. The van der Waals surface area contributed by atoms with Crippen LogP contribution in [0.25, 0.3) is 87.1 Å². The Morgan fingerprint density at radius 2 is 1.18 bits per heavy atom. The number of aryl methyl sites for hydroxylation is 2. The molecule has 2 amide bonds. The summed E-state index contributed by atoms with van der Waals surface area (Å²) in [6.45, 7) is 3.98. The number of aromatic hydroxyl groups is 2. The van der Waals surface area contributed by atoms with E-state index in [-0.39, 0.29) is 45.9 Å². The first-order valence-corrected chi connectivity index (χ1v) is 27.3. The fourth-order valence-electron chi connectivity index (χ4n) is 11.9. The van der Waals surface area contributed by atoms with Crippen LogP contribution in [0.2, 0.25) is 10.0 Å². The number of azo groups is 2. The SMILES string of the molecule is CCc1ccccc1C(=O)Nc1cc2ccc3c4cc(Cl)ccc4[nH]c3c2c(N=Nc2ccc3c(c2)C(=O)c2cccc4c(N=Nc5c(O)c(N(C=O)c6ccccc6CC)cc6ccc7c8cc(Cl)ccc8[nH]c7c56)ccc-3c24)c1O. The molecule has 0 bridgehead atoms. The van der Waals surface area contributed by atoms with Crippen LogP contribution in [-0.2, 0) is 17.6 Å². The Kier molecular flexibility index (Phi) is 11.9. The van der Waals surface area contributed by atoms with Gasteiger partial charge < -0.3 is 25.5 Å². The van der Waals surface area contributed by atoms with Crippen LogP contribution in [0.3, 0.4) is 0 Å². The second kappa shape index (κ2) is 19.6. The van der Waals surface area contributed by atoms with Crippen LogP contribution in [0.5, 0.6) is 11.5 Å². The number of H-pyrrole nitrogens is 2. The Bertz CT molecular complexity index is 5020. The van der Waals surface area contributed by atoms with Crippen LogP contribution in [0.1, 0.15) is 51.3 Å². The van der Waals surface area contributed by atoms with E-state index in [0.717, 1.165) is 49.3 Å². The molecular formula is C67H44Cl2N8O5. The standard InChI is InChI=1S/C67H44Cl2N8O5/c1-3-34-10-5-7-12-41(34)67(82)72-54-28-36-16-21-44-48-30-38(68)18-25-51(48)70-60(44)57(36)62(65(54)80)75-73-40-20-23-42-43-24-27-53(46-13-9-14-47(59(43)46)64(79)50(42)32-40)74-76-63-58-37(17-22-45-49-31-39(69)19-26-52(49)71-61(45)58)29-56(66(63)81)77(33-78)55-15-8-6-11-35(55)4-2/h5-33,70-71,80-81H,3-4H2,1-2H3,(H,72,82). The van der Waals surface area contributed by atoms with E-state index in [4.69, 9.17) is 38.5 Å². The molecule has 5 N–H and O–H groups in total. The van der Waals surface area contributed by atoms with Crippen LogP contribution in [0.15, 0.2) is 190 Å². The first kappa shape index (κ1) is 50.0. The summed E-state index contributed by atoms with van der Waals surface area (Å²) in [7, 11) is 0. The second-order valence-electron chi connectivity index (χ2n) is 20.3. The number of carbonyl (C=O) groups excluding carboxylic acids is 3. The Morgan fingerprint density at radius 1 is 0.549 bits per heavy atom. The molecule has 0 fully saturated rings. The molecule has 14 rings (SSSR count). The van der Waals surface area contributed by atoms with E-state index in [1.807, 2.05) is 129 Å². The molecule has 15 heteroatoms. The second-order valence-corrected chi connectivity index (χ2v) is 21.1. The third-order valence-electron chi connectivity index (χ3n) is 15.8. The number of fused-ring (bicyclic) bond motifs is 12. The predicted molar refractivity (Wildman–Crippen MR) is 329 cm³/mol. The molecule has 0 radical (unpaired) electrons. The topological polar surface area (TPSA) is 188 Å². The van der Waals surface area contributed by atoms with E-state index >= 15 is 0 Å². The van der Waals surface area contributed by atoms with Gasteiger partial charge in [-0.3, -0.25) is 19.3 Å². The zero-order valence-electron chi connectivity index (χ0n) is 43.8. The van der Waals surface area contributed by atoms with E-state index in [1.54, 1.807) is 54.6 Å². The number of phenols is 2. The Hall–Kier alpha value is -10.2. The molecule has 13 aromatic rings. The number of para-hydroxylation sites is 1. The van der Waals surface area contributed by atoms with Crippen molar-refractivity contribution in [2.24, 2.45) is 20.5 Å². The van der Waals surface area contributed by atoms with Crippen molar-refractivity contribution in [2.75, 3.05) is 10.2 Å². The molecule has 0 saturated carbocycles. The van der Waals surface area contributed by atoms with Crippen molar-refractivity contribution in [1.29, 1.82) is 0 Å². The van der Waals surface area contributed by atoms with Gasteiger partial charge in [0.05, 0.1) is 39.5 Å². The number of nitrogens with zero attached hydrogens (tertiary/aromatic N) is 5. The monoisotopic (exact) mass is 1110 g/mol. The van der Waals surface area contributed by atoms with Gasteiger partial charge in [-0.05, 0) is 125 Å². The molecule has 0 aliphatic heterocycles. The third-order valence-corrected chi connectivity index (χ3v) is 16.2. The average Bonchev–Trinajstić information content (AvgIpc) is 3.13. The van der Waals surface area contributed by atoms with Gasteiger partial charge in [0.2, 0.25) is 6.41 Å². The average molecular weight is 1110 g/mol. The molecule has 0 unspecified atom stereocenters. The number of aromatic amines is 2. The van der Waals surface area contributed by atoms with E-state index in [1.165, 1.54) is 4.90 Å². The van der Waals surface area contributed by atoms with Gasteiger partial charge in [0, 0.05) is 80.9 Å². The fourth-order valence-corrected chi connectivity index (χ4v) is 12.2. The molecule has 0 saturated heterocycles. The van der Waals surface area contributed by atoms with Crippen molar-refractivity contribution in [3.8, 4) is 22.6 Å². The number of aromatic nitrogens is 2. The highest BCUT2D eigenvalue weighted by molar-refractivity contribution is 6.33. The van der Waals surface area contributed by atoms with Crippen molar-refractivity contribution in [1.82, 2.24) is 9.97 Å². The lowest BCUT2D eigenvalue weighted by molar-refractivity contribution is -0.106. The molecule has 0 spiro atoms. The van der Waals surface area contributed by atoms with Gasteiger partial charge in [-0.25, -0.2) is 0 Å². The van der Waals surface area contributed by atoms with Crippen molar-refractivity contribution in [3.05, 3.63) is 208 Å². The number of rotatable bonds is 11. The van der Waals surface area contributed by atoms with Crippen LogP contribution < -0.4 is 10.2 Å². The molecule has 2 heterocycles. The lowest BCUT2D eigenvalue weighted by Crippen LogP contribution is -2.16. The summed E-state index contributed by atoms with van der Waals surface area (Å²) in [5.41, 5.74) is 9.59. The molecule has 0 atom stereocenters. The van der Waals surface area contributed by atoms with Gasteiger partial charge >= 0.3 is 0 Å². The number of halogens is 2. The number of benzene rings is 11. The molecule has 396 valence electrons. The summed E-state index contributed by atoms with van der Waals surface area (Å²) in [5.74, 6) is -1.19. The maximum Gasteiger partial charge on any atom is 0.256 e. The number of carbonyl (C=O) groups is 3. The van der Waals surface area contributed by atoms with Gasteiger partial charge in [0.15, 0.2) is 17.3 Å². The van der Waals surface area contributed by atoms with E-state index in [9.17, 15) is 24.6 Å². The number of amides is 2. The first-order valence-electron chi connectivity index (χ1n) is 26.6. The molecule has 2 aromatic heterocycles. The number of phenolic OH excluding ortho intramolecular Hbond substituents is 2. The van der Waals surface area contributed by atoms with Crippen LogP contribution >= 0.6 is 23.2 Å². The summed E-state index contributed by atoms with van der Waals surface area (Å²) in [4.78, 5) is 50.2. The van der Waals surface area contributed by atoms with Gasteiger partial charge in [0.25, 0.3) is 5.91 Å². The minimum Gasteiger partial charge on any atom is -0.504 e. The Balaban J connectivity index is 0.873. The number of hydrogen-bond acceptors (Lipinski definition) is 9. The number of hydrogen-bond donors (Lipinski definition) is 5. The number of nitrogens with one attached hydrogen (secondary N) is 3. The molecular weight excluding hydrogens is 1070 g/mol. The summed E-state index contributed by atoms with van der Waals surface area (Å²) in [5, 5.41) is 55.1. The predicted octanol–water partition coefficient (Wildman–Crippen LogP) is 18.8. The largest absolute Gasteiger partial charge is 0.504 e. The summed E-state index contributed by atoms with van der Waals surface area (Å²) in [6.07, 6.45) is 1.97. The molecule has 82 heavy (non-hydrogen) atoms. The van der Waals surface area contributed by atoms with Crippen molar-refractivity contribution in [2.45, 2.75) is 26.7 Å². The number of ketones is 1. The van der Waals surface area contributed by atoms with Crippen LogP contribution in [0.4, 0.5) is 39.8 Å². The summed E-state index contributed by atoms with van der Waals surface area (Å²) >= 11 is 13.0. The van der Waals surface area contributed by atoms with Gasteiger partial charge in [0.1, 0.15) is 11.4 Å². The van der Waals surface area contributed by atoms with Crippen LogP contribution in [-0.4, -0.2) is 38.3 Å². The maximum atomic E-state index is 14.8. The Labute approximate surface area is 476 Å². The molecule has 1 aliphatic carbocycles. The van der Waals surface area contributed by atoms with Crippen molar-refractivity contribution in [3.63, 3.8) is 0 Å². The van der Waals surface area contributed by atoms with Crippen molar-refractivity contribution < 1.29 is 24.6 Å². The lowest BCUT2D eigenvalue weighted by atomic mass is 9.82. The molecule has 13 nitrogen and oxygen atoms in total. The van der Waals surface area contributed by atoms with E-state index in [0.29, 0.717) is 112 Å². The minimum atomic E-state index is -0.386. The first-order chi connectivity index (χ1) is 40.0. The maximum absolute atomic E-state index is 14.8. The summed E-state index contributed by atoms with van der Waals surface area (Å²) < 4.78 is 0. The molecule has 11 aromatic carbocycles. The Morgan fingerprint density at radius 3 is 1.88 bits per heavy atom. The van der Waals surface area contributed by atoms with Gasteiger partial charge in [-0.2, -0.15) is 5.11 Å². The van der Waals surface area contributed by atoms with Crippen LogP contribution in [0, 0.1) is 0 Å².